The fourth-order valence-corrected chi connectivity index (χ4v) is 1.87. The van der Waals surface area contributed by atoms with Crippen LogP contribution >= 0.6 is 24.0 Å². The number of nitrogens with zero attached hydrogens (tertiary/aromatic N) is 1. The van der Waals surface area contributed by atoms with Crippen molar-refractivity contribution in [3.8, 4) is 0 Å². The Morgan fingerprint density at radius 2 is 2.19 bits per heavy atom. The van der Waals surface area contributed by atoms with Crippen molar-refractivity contribution in [3.63, 3.8) is 0 Å². The van der Waals surface area contributed by atoms with Crippen LogP contribution in [0.15, 0.2) is 23.2 Å². The molecule has 0 bridgehead atoms. The van der Waals surface area contributed by atoms with Crippen molar-refractivity contribution in [1.29, 1.82) is 0 Å². The maximum Gasteiger partial charge on any atom is 0.433 e. The smallest absolute Gasteiger partial charge is 0.433 e. The van der Waals surface area contributed by atoms with Gasteiger partial charge >= 0.3 is 6.18 Å². The van der Waals surface area contributed by atoms with Gasteiger partial charge in [-0.15, -0.1) is 0 Å². The first kappa shape index (κ1) is 13.2. The molecule has 0 saturated carbocycles. The van der Waals surface area contributed by atoms with Gasteiger partial charge in [-0.2, -0.15) is 13.2 Å². The minimum absolute atomic E-state index is 0.268. The average Bonchev–Trinajstić information content (AvgIpc) is 2.17. The average molecular weight is 267 g/mol. The van der Waals surface area contributed by atoms with Crippen LogP contribution in [-0.4, -0.2) is 16.0 Å². The molecule has 2 nitrogen and oxygen atoms in total. The molecule has 0 aromatic carbocycles. The van der Waals surface area contributed by atoms with E-state index >= 15 is 0 Å². The number of thioether (sulfide) groups is 1. The molecular formula is C9H8F3NOS2. The van der Waals surface area contributed by atoms with Crippen LogP contribution in [0.5, 0.6) is 0 Å². The van der Waals surface area contributed by atoms with Crippen LogP contribution in [0.1, 0.15) is 12.6 Å². The van der Waals surface area contributed by atoms with Crippen LogP contribution in [0.4, 0.5) is 13.2 Å². The zero-order chi connectivity index (χ0) is 12.2. The predicted octanol–water partition coefficient (Wildman–Crippen LogP) is 3.51. The van der Waals surface area contributed by atoms with Crippen molar-refractivity contribution >= 4 is 28.4 Å². The maximum atomic E-state index is 12.2. The lowest BCUT2D eigenvalue weighted by Crippen LogP contribution is -2.07. The summed E-state index contributed by atoms with van der Waals surface area (Å²) in [5.41, 5.74) is -0.917. The maximum absolute atomic E-state index is 12.2. The Hall–Kier alpha value is -0.820. The van der Waals surface area contributed by atoms with Crippen molar-refractivity contribution in [2.45, 2.75) is 18.0 Å². The number of ether oxygens (including phenoxy) is 1. The van der Waals surface area contributed by atoms with Gasteiger partial charge < -0.3 is 4.74 Å². The molecule has 0 radical (unpaired) electrons. The highest BCUT2D eigenvalue weighted by atomic mass is 32.2. The van der Waals surface area contributed by atoms with Gasteiger partial charge in [0.15, 0.2) is 0 Å². The summed E-state index contributed by atoms with van der Waals surface area (Å²) in [6, 6.07) is 2.22. The highest BCUT2D eigenvalue weighted by Crippen LogP contribution is 2.29. The summed E-state index contributed by atoms with van der Waals surface area (Å²) in [5.74, 6) is 0. The molecule has 0 unspecified atom stereocenters. The molecular weight excluding hydrogens is 259 g/mol. The Balaban J connectivity index is 2.69. The summed E-state index contributed by atoms with van der Waals surface area (Å²) in [4.78, 5) is 3.82. The molecule has 16 heavy (non-hydrogen) atoms. The van der Waals surface area contributed by atoms with Gasteiger partial charge in [-0.1, -0.05) is 0 Å². The third-order valence-electron chi connectivity index (χ3n) is 1.49. The van der Waals surface area contributed by atoms with Gasteiger partial charge in [0.25, 0.3) is 0 Å². The molecule has 1 heterocycles. The summed E-state index contributed by atoms with van der Waals surface area (Å²) in [6.07, 6.45) is -3.29. The Labute approximate surface area is 100 Å². The van der Waals surface area contributed by atoms with Crippen molar-refractivity contribution in [2.75, 3.05) is 6.61 Å². The molecule has 1 aromatic rings. The third kappa shape index (κ3) is 3.97. The van der Waals surface area contributed by atoms with E-state index in [0.29, 0.717) is 11.5 Å². The molecule has 0 aliphatic heterocycles. The molecule has 0 saturated heterocycles. The topological polar surface area (TPSA) is 22.1 Å². The van der Waals surface area contributed by atoms with Crippen LogP contribution in [0.25, 0.3) is 0 Å². The van der Waals surface area contributed by atoms with E-state index < -0.39 is 11.9 Å². The number of alkyl halides is 3. The van der Waals surface area contributed by atoms with Crippen LogP contribution < -0.4 is 0 Å². The molecule has 1 rings (SSSR count). The second-order valence-corrected chi connectivity index (χ2v) is 4.34. The molecule has 0 fully saturated rings. The van der Waals surface area contributed by atoms with Crippen molar-refractivity contribution in [2.24, 2.45) is 0 Å². The molecule has 7 heteroatoms. The van der Waals surface area contributed by atoms with E-state index in [-0.39, 0.29) is 4.38 Å². The van der Waals surface area contributed by atoms with Crippen molar-refractivity contribution < 1.29 is 17.9 Å². The first-order valence-electron chi connectivity index (χ1n) is 4.31. The molecule has 1 aromatic heterocycles. The van der Waals surface area contributed by atoms with Gasteiger partial charge in [-0.3, -0.25) is 4.98 Å². The fraction of sp³-hybridized carbons (Fsp3) is 0.333. The number of aromatic nitrogens is 1. The van der Waals surface area contributed by atoms with E-state index in [1.807, 2.05) is 0 Å². The van der Waals surface area contributed by atoms with Crippen LogP contribution in [0.3, 0.4) is 0 Å². The number of thiocarbonyl (C=S) groups is 1. The minimum atomic E-state index is -4.41. The number of hydrogen-bond donors (Lipinski definition) is 0. The van der Waals surface area contributed by atoms with Crippen LogP contribution in [-0.2, 0) is 10.9 Å². The third-order valence-corrected chi connectivity index (χ3v) is 2.62. The zero-order valence-electron chi connectivity index (χ0n) is 8.25. The van der Waals surface area contributed by atoms with E-state index in [1.165, 1.54) is 6.07 Å². The molecule has 0 spiro atoms. The van der Waals surface area contributed by atoms with Crippen molar-refractivity contribution in [1.82, 2.24) is 4.98 Å². The minimum Gasteiger partial charge on any atom is -0.479 e. The predicted molar refractivity (Wildman–Crippen MR) is 59.3 cm³/mol. The van der Waals surface area contributed by atoms with Crippen LogP contribution in [0, 0.1) is 0 Å². The number of rotatable bonds is 2. The molecule has 88 valence electrons. The first-order chi connectivity index (χ1) is 7.43. The van der Waals surface area contributed by atoms with Gasteiger partial charge in [0.05, 0.1) is 6.61 Å². The number of halogens is 3. The summed E-state index contributed by atoms with van der Waals surface area (Å²) in [5, 5.41) is 0. The summed E-state index contributed by atoms with van der Waals surface area (Å²) < 4.78 is 41.8. The molecule has 0 aliphatic carbocycles. The Morgan fingerprint density at radius 3 is 2.62 bits per heavy atom. The van der Waals surface area contributed by atoms with Crippen molar-refractivity contribution in [3.05, 3.63) is 24.0 Å². The van der Waals surface area contributed by atoms with Gasteiger partial charge in [0.1, 0.15) is 5.69 Å². The van der Waals surface area contributed by atoms with E-state index in [1.54, 1.807) is 6.92 Å². The number of hydrogen-bond acceptors (Lipinski definition) is 4. The fourth-order valence-electron chi connectivity index (χ4n) is 0.852. The second-order valence-electron chi connectivity index (χ2n) is 2.66. The normalized spacial score (nSPS) is 11.2. The Kier molecular flexibility index (Phi) is 4.55. The Bertz CT molecular complexity index is 364. The number of pyridine rings is 1. The summed E-state index contributed by atoms with van der Waals surface area (Å²) in [7, 11) is 0. The van der Waals surface area contributed by atoms with Gasteiger partial charge in [0, 0.05) is 11.1 Å². The standard InChI is InChI=1S/C9H8F3NOS2/c1-2-14-8(15)16-6-3-4-7(13-5-6)9(10,11)12/h3-5H,2H2,1H3. The van der Waals surface area contributed by atoms with E-state index in [2.05, 4.69) is 4.98 Å². The Morgan fingerprint density at radius 1 is 1.50 bits per heavy atom. The largest absolute Gasteiger partial charge is 0.479 e. The van der Waals surface area contributed by atoms with Gasteiger partial charge in [-0.05, 0) is 43.0 Å². The molecule has 0 aliphatic rings. The first-order valence-corrected chi connectivity index (χ1v) is 5.54. The second kappa shape index (κ2) is 5.49. The summed E-state index contributed by atoms with van der Waals surface area (Å²) >= 11 is 5.90. The zero-order valence-corrected chi connectivity index (χ0v) is 9.88. The lowest BCUT2D eigenvalue weighted by atomic mass is 10.3. The lowest BCUT2D eigenvalue weighted by Gasteiger charge is -2.06. The summed E-state index contributed by atoms with van der Waals surface area (Å²) in [6.45, 7) is 2.21. The lowest BCUT2D eigenvalue weighted by molar-refractivity contribution is -0.141. The highest BCUT2D eigenvalue weighted by molar-refractivity contribution is 8.22. The van der Waals surface area contributed by atoms with Gasteiger partial charge in [0.2, 0.25) is 4.38 Å². The van der Waals surface area contributed by atoms with E-state index in [0.717, 1.165) is 24.0 Å². The quantitative estimate of drug-likeness (QED) is 0.604. The van der Waals surface area contributed by atoms with E-state index in [9.17, 15) is 13.2 Å². The SMILES string of the molecule is CCOC(=S)Sc1ccc(C(F)(F)F)nc1. The molecule has 0 atom stereocenters. The monoisotopic (exact) mass is 267 g/mol. The van der Waals surface area contributed by atoms with Gasteiger partial charge in [-0.25, -0.2) is 0 Å². The van der Waals surface area contributed by atoms with E-state index in [4.69, 9.17) is 17.0 Å². The van der Waals surface area contributed by atoms with Crippen LogP contribution in [0.2, 0.25) is 0 Å². The highest BCUT2D eigenvalue weighted by Gasteiger charge is 2.32. The molecule has 0 amide bonds. The molecule has 0 N–H and O–H groups in total.